The zero-order valence-corrected chi connectivity index (χ0v) is 14.9. The average Bonchev–Trinajstić information content (AvgIpc) is 3.10. The van der Waals surface area contributed by atoms with Gasteiger partial charge in [0.15, 0.2) is 0 Å². The lowest BCUT2D eigenvalue weighted by Gasteiger charge is -2.32. The minimum atomic E-state index is -0.490. The Hall–Kier alpha value is -2.39. The van der Waals surface area contributed by atoms with Crippen LogP contribution in [-0.2, 0) is 11.2 Å². The first-order chi connectivity index (χ1) is 12.1. The normalized spacial score (nSPS) is 20.2. The first-order valence-corrected chi connectivity index (χ1v) is 8.97. The highest BCUT2D eigenvalue weighted by atomic mass is 16.2. The first-order valence-electron chi connectivity index (χ1n) is 8.97. The molecule has 0 aromatic heterocycles. The van der Waals surface area contributed by atoms with Crippen LogP contribution in [0.1, 0.15) is 18.4 Å². The van der Waals surface area contributed by atoms with Crippen LogP contribution in [-0.4, -0.2) is 37.0 Å². The second-order valence-electron chi connectivity index (χ2n) is 7.29. The van der Waals surface area contributed by atoms with E-state index in [4.69, 9.17) is 0 Å². The van der Waals surface area contributed by atoms with Crippen LogP contribution < -0.4 is 5.32 Å². The van der Waals surface area contributed by atoms with Crippen LogP contribution in [0.4, 0.5) is 0 Å². The maximum absolute atomic E-state index is 13.0. The zero-order chi connectivity index (χ0) is 17.4. The van der Waals surface area contributed by atoms with Gasteiger partial charge in [0.25, 0.3) is 0 Å². The van der Waals surface area contributed by atoms with E-state index < -0.39 is 5.54 Å². The lowest BCUT2D eigenvalue weighted by Crippen LogP contribution is -2.54. The maximum atomic E-state index is 13.0. The van der Waals surface area contributed by atoms with Gasteiger partial charge in [0.2, 0.25) is 5.91 Å². The summed E-state index contributed by atoms with van der Waals surface area (Å²) in [6.07, 6.45) is 2.66. The molecule has 0 spiro atoms. The molecule has 0 saturated carbocycles. The van der Waals surface area contributed by atoms with Crippen molar-refractivity contribution in [1.82, 2.24) is 10.2 Å². The number of carbonyl (C=O) groups is 1. The van der Waals surface area contributed by atoms with E-state index in [2.05, 4.69) is 59.9 Å². The van der Waals surface area contributed by atoms with Crippen molar-refractivity contribution >= 4 is 27.5 Å². The highest BCUT2D eigenvalue weighted by molar-refractivity contribution is 6.03. The van der Waals surface area contributed by atoms with Gasteiger partial charge >= 0.3 is 0 Å². The molecule has 3 nitrogen and oxygen atoms in total. The fourth-order valence-corrected chi connectivity index (χ4v) is 4.24. The molecule has 1 amide bonds. The zero-order valence-electron chi connectivity index (χ0n) is 14.9. The van der Waals surface area contributed by atoms with E-state index in [1.165, 1.54) is 27.1 Å². The molecule has 1 saturated heterocycles. The second kappa shape index (κ2) is 6.16. The van der Waals surface area contributed by atoms with Gasteiger partial charge in [0, 0.05) is 20.5 Å². The van der Waals surface area contributed by atoms with Crippen LogP contribution in [0.2, 0.25) is 0 Å². The standard InChI is InChI=1S/C22H24N2O/c1-24(2)21(25)22(12-7-13-23-22)15-20-18-10-5-3-8-16(18)14-17-9-4-6-11-19(17)20/h3-6,8-11,14,23H,7,12-13,15H2,1-2H3/t22-/m1/s1. The van der Waals surface area contributed by atoms with Gasteiger partial charge in [-0.15, -0.1) is 0 Å². The highest BCUT2D eigenvalue weighted by Crippen LogP contribution is 2.34. The van der Waals surface area contributed by atoms with Crippen molar-refractivity contribution in [2.45, 2.75) is 24.8 Å². The summed E-state index contributed by atoms with van der Waals surface area (Å²) in [5.41, 5.74) is 0.787. The summed E-state index contributed by atoms with van der Waals surface area (Å²) in [6.45, 7) is 0.905. The Labute approximate surface area is 148 Å². The van der Waals surface area contributed by atoms with Gasteiger partial charge in [0.05, 0.1) is 0 Å². The number of carbonyl (C=O) groups excluding carboxylic acids is 1. The van der Waals surface area contributed by atoms with E-state index in [-0.39, 0.29) is 5.91 Å². The van der Waals surface area contributed by atoms with E-state index in [0.717, 1.165) is 25.8 Å². The topological polar surface area (TPSA) is 32.3 Å². The molecule has 0 radical (unpaired) electrons. The summed E-state index contributed by atoms with van der Waals surface area (Å²) in [7, 11) is 3.70. The van der Waals surface area contributed by atoms with Crippen molar-refractivity contribution in [3.8, 4) is 0 Å². The molecule has 1 N–H and O–H groups in total. The minimum absolute atomic E-state index is 0.182. The first kappa shape index (κ1) is 16.1. The second-order valence-corrected chi connectivity index (χ2v) is 7.29. The molecule has 3 aromatic rings. The monoisotopic (exact) mass is 332 g/mol. The number of rotatable bonds is 3. The molecule has 4 rings (SSSR count). The van der Waals surface area contributed by atoms with E-state index in [0.29, 0.717) is 0 Å². The van der Waals surface area contributed by atoms with Gasteiger partial charge in [0.1, 0.15) is 5.54 Å². The third-order valence-corrected chi connectivity index (χ3v) is 5.42. The lowest BCUT2D eigenvalue weighted by atomic mass is 9.83. The molecule has 1 aliphatic rings. The molecule has 1 fully saturated rings. The largest absolute Gasteiger partial charge is 0.347 e. The lowest BCUT2D eigenvalue weighted by molar-refractivity contribution is -0.135. The molecule has 0 unspecified atom stereocenters. The maximum Gasteiger partial charge on any atom is 0.242 e. The molecule has 3 aromatic carbocycles. The summed E-state index contributed by atoms with van der Waals surface area (Å²) in [4.78, 5) is 14.7. The molecule has 1 atom stereocenters. The SMILES string of the molecule is CN(C)C(=O)[C@]1(Cc2c3ccccc3cc3ccccc23)CCCN1. The molecule has 1 aliphatic heterocycles. The predicted octanol–water partition coefficient (Wildman–Crippen LogP) is 3.75. The van der Waals surface area contributed by atoms with Crippen LogP contribution in [0.5, 0.6) is 0 Å². The fraction of sp³-hybridized carbons (Fsp3) is 0.318. The Bertz CT molecular complexity index is 885. The number of amides is 1. The van der Waals surface area contributed by atoms with E-state index in [9.17, 15) is 4.79 Å². The van der Waals surface area contributed by atoms with Gasteiger partial charge in [-0.1, -0.05) is 48.5 Å². The summed E-state index contributed by atoms with van der Waals surface area (Å²) >= 11 is 0. The van der Waals surface area contributed by atoms with Crippen molar-refractivity contribution in [1.29, 1.82) is 0 Å². The Morgan fingerprint density at radius 1 is 1.04 bits per heavy atom. The molecule has 128 valence electrons. The predicted molar refractivity (Wildman–Crippen MR) is 104 cm³/mol. The smallest absolute Gasteiger partial charge is 0.242 e. The molecule has 1 heterocycles. The number of likely N-dealkylation sites (N-methyl/N-ethyl adjacent to an activating group) is 1. The Morgan fingerprint density at radius 2 is 1.64 bits per heavy atom. The number of hydrogen-bond acceptors (Lipinski definition) is 2. The molecule has 25 heavy (non-hydrogen) atoms. The van der Waals surface area contributed by atoms with Crippen LogP contribution >= 0.6 is 0 Å². The third-order valence-electron chi connectivity index (χ3n) is 5.42. The fourth-order valence-electron chi connectivity index (χ4n) is 4.24. The van der Waals surface area contributed by atoms with Gasteiger partial charge in [-0.25, -0.2) is 0 Å². The van der Waals surface area contributed by atoms with Crippen LogP contribution in [0.15, 0.2) is 54.6 Å². The Kier molecular flexibility index (Phi) is 3.97. The van der Waals surface area contributed by atoms with Gasteiger partial charge in [-0.05, 0) is 52.6 Å². The summed E-state index contributed by atoms with van der Waals surface area (Å²) < 4.78 is 0. The van der Waals surface area contributed by atoms with Crippen molar-refractivity contribution in [2.75, 3.05) is 20.6 Å². The highest BCUT2D eigenvalue weighted by Gasteiger charge is 2.42. The Balaban J connectivity index is 1.93. The number of fused-ring (bicyclic) bond motifs is 2. The van der Waals surface area contributed by atoms with E-state index >= 15 is 0 Å². The van der Waals surface area contributed by atoms with Crippen LogP contribution in [0.25, 0.3) is 21.5 Å². The van der Waals surface area contributed by atoms with Gasteiger partial charge in [-0.2, -0.15) is 0 Å². The van der Waals surface area contributed by atoms with Crippen molar-refractivity contribution in [3.05, 3.63) is 60.2 Å². The number of benzene rings is 3. The quantitative estimate of drug-likeness (QED) is 0.741. The molecule has 0 aliphatic carbocycles. The van der Waals surface area contributed by atoms with Crippen molar-refractivity contribution < 1.29 is 4.79 Å². The van der Waals surface area contributed by atoms with Crippen molar-refractivity contribution in [3.63, 3.8) is 0 Å². The molecule has 0 bridgehead atoms. The van der Waals surface area contributed by atoms with Gasteiger partial charge in [-0.3, -0.25) is 4.79 Å². The average molecular weight is 332 g/mol. The number of hydrogen-bond donors (Lipinski definition) is 1. The Morgan fingerprint density at radius 3 is 2.16 bits per heavy atom. The van der Waals surface area contributed by atoms with E-state index in [1.54, 1.807) is 4.90 Å². The number of nitrogens with one attached hydrogen (secondary N) is 1. The summed E-state index contributed by atoms with van der Waals surface area (Å²) in [5, 5.41) is 8.51. The number of nitrogens with zero attached hydrogens (tertiary/aromatic N) is 1. The summed E-state index contributed by atoms with van der Waals surface area (Å²) in [6, 6.07) is 19.3. The molecular weight excluding hydrogens is 308 g/mol. The summed E-state index contributed by atoms with van der Waals surface area (Å²) in [5.74, 6) is 0.182. The van der Waals surface area contributed by atoms with Crippen LogP contribution in [0, 0.1) is 0 Å². The molecule has 3 heteroatoms. The molecular formula is C22H24N2O. The minimum Gasteiger partial charge on any atom is -0.347 e. The third kappa shape index (κ3) is 2.69. The van der Waals surface area contributed by atoms with Crippen molar-refractivity contribution in [2.24, 2.45) is 0 Å². The van der Waals surface area contributed by atoms with Crippen LogP contribution in [0.3, 0.4) is 0 Å². The van der Waals surface area contributed by atoms with E-state index in [1.807, 2.05) is 14.1 Å². The van der Waals surface area contributed by atoms with Gasteiger partial charge < -0.3 is 10.2 Å².